The maximum atomic E-state index is 11.1. The molecular weight excluding hydrogens is 140 g/mol. The molecule has 0 aromatic carbocycles. The average Bonchev–Trinajstić information content (AvgIpc) is 2.43. The molecule has 11 heavy (non-hydrogen) atoms. The van der Waals surface area contributed by atoms with E-state index in [4.69, 9.17) is 4.74 Å². The molecule has 0 amide bonds. The van der Waals surface area contributed by atoms with Crippen LogP contribution in [0.5, 0.6) is 0 Å². The molecule has 2 fully saturated rings. The number of carbonyl (C=O) groups excluding carboxylic acids is 1. The average molecular weight is 154 g/mol. The Kier molecular flexibility index (Phi) is 1.44. The van der Waals surface area contributed by atoms with E-state index >= 15 is 0 Å². The van der Waals surface area contributed by atoms with E-state index in [1.54, 1.807) is 0 Å². The Morgan fingerprint density at radius 2 is 2.09 bits per heavy atom. The van der Waals surface area contributed by atoms with Gasteiger partial charge in [-0.2, -0.15) is 0 Å². The maximum absolute atomic E-state index is 11.1. The molecule has 2 aliphatic rings. The van der Waals surface area contributed by atoms with Crippen LogP contribution in [0.3, 0.4) is 0 Å². The molecule has 1 aliphatic carbocycles. The molecule has 0 bridgehead atoms. The summed E-state index contributed by atoms with van der Waals surface area (Å²) in [4.78, 5) is 11.1. The van der Waals surface area contributed by atoms with Crippen molar-refractivity contribution in [3.05, 3.63) is 0 Å². The van der Waals surface area contributed by atoms with Crippen molar-refractivity contribution < 1.29 is 9.53 Å². The highest BCUT2D eigenvalue weighted by molar-refractivity contribution is 5.75. The van der Waals surface area contributed by atoms with E-state index in [0.717, 1.165) is 0 Å². The summed E-state index contributed by atoms with van der Waals surface area (Å²) in [6.45, 7) is 4.17. The molecule has 0 N–H and O–H groups in total. The minimum atomic E-state index is 0.0200. The summed E-state index contributed by atoms with van der Waals surface area (Å²) in [6.07, 6.45) is 2.66. The second-order valence-corrected chi connectivity index (χ2v) is 3.91. The molecule has 0 aromatic rings. The van der Waals surface area contributed by atoms with Crippen LogP contribution in [-0.2, 0) is 9.53 Å². The molecule has 2 rings (SSSR count). The fourth-order valence-electron chi connectivity index (χ4n) is 2.36. The van der Waals surface area contributed by atoms with E-state index in [0.29, 0.717) is 11.8 Å². The summed E-state index contributed by atoms with van der Waals surface area (Å²) in [7, 11) is 0. The van der Waals surface area contributed by atoms with Crippen LogP contribution in [-0.4, -0.2) is 12.1 Å². The monoisotopic (exact) mass is 154 g/mol. The lowest BCUT2D eigenvalue weighted by Gasteiger charge is -2.11. The van der Waals surface area contributed by atoms with Crippen LogP contribution in [0, 0.1) is 17.8 Å². The van der Waals surface area contributed by atoms with E-state index in [9.17, 15) is 4.79 Å². The van der Waals surface area contributed by atoms with Crippen molar-refractivity contribution in [1.29, 1.82) is 0 Å². The zero-order valence-electron chi connectivity index (χ0n) is 7.04. The number of ether oxygens (including phenoxy) is 1. The molecule has 0 spiro atoms. The van der Waals surface area contributed by atoms with Gasteiger partial charge in [-0.15, -0.1) is 0 Å². The predicted molar refractivity (Wildman–Crippen MR) is 40.9 cm³/mol. The summed E-state index contributed by atoms with van der Waals surface area (Å²) >= 11 is 0. The van der Waals surface area contributed by atoms with Crippen LogP contribution in [0.1, 0.15) is 26.7 Å². The van der Waals surface area contributed by atoms with Crippen LogP contribution in [0.4, 0.5) is 0 Å². The number of hydrogen-bond donors (Lipinski definition) is 0. The molecule has 4 atom stereocenters. The second-order valence-electron chi connectivity index (χ2n) is 3.91. The van der Waals surface area contributed by atoms with Crippen LogP contribution < -0.4 is 0 Å². The van der Waals surface area contributed by atoms with Gasteiger partial charge in [0.2, 0.25) is 0 Å². The van der Waals surface area contributed by atoms with Crippen molar-refractivity contribution in [2.45, 2.75) is 32.8 Å². The van der Waals surface area contributed by atoms with Gasteiger partial charge < -0.3 is 4.74 Å². The van der Waals surface area contributed by atoms with Crippen molar-refractivity contribution in [3.63, 3.8) is 0 Å². The fraction of sp³-hybridized carbons (Fsp3) is 0.889. The summed E-state index contributed by atoms with van der Waals surface area (Å²) in [5, 5.41) is 0. The molecule has 4 unspecified atom stereocenters. The Balaban J connectivity index is 2.18. The smallest absolute Gasteiger partial charge is 0.309 e. The third kappa shape index (κ3) is 0.883. The molecule has 62 valence electrons. The quantitative estimate of drug-likeness (QED) is 0.495. The number of hydrogen-bond acceptors (Lipinski definition) is 2. The van der Waals surface area contributed by atoms with E-state index in [2.05, 4.69) is 6.92 Å². The van der Waals surface area contributed by atoms with E-state index in [-0.39, 0.29) is 18.0 Å². The van der Waals surface area contributed by atoms with Crippen molar-refractivity contribution in [1.82, 2.24) is 0 Å². The maximum Gasteiger partial charge on any atom is 0.309 e. The lowest BCUT2D eigenvalue weighted by Crippen LogP contribution is -2.16. The number of esters is 1. The summed E-state index contributed by atoms with van der Waals surface area (Å²) < 4.78 is 5.27. The first-order valence-electron chi connectivity index (χ1n) is 4.40. The molecule has 2 heteroatoms. The van der Waals surface area contributed by atoms with Gasteiger partial charge in [0.15, 0.2) is 0 Å². The summed E-state index contributed by atoms with van der Waals surface area (Å²) in [6, 6.07) is 0. The Hall–Kier alpha value is -0.530. The standard InChI is InChI=1S/C9H14O2/c1-5-3-4-7-6(2)9(10)11-8(5)7/h5-8H,3-4H2,1-2H3. The Labute approximate surface area is 66.9 Å². The van der Waals surface area contributed by atoms with Gasteiger partial charge in [-0.25, -0.2) is 0 Å². The highest BCUT2D eigenvalue weighted by Gasteiger charge is 2.47. The Bertz CT molecular complexity index is 188. The highest BCUT2D eigenvalue weighted by Crippen LogP contribution is 2.43. The first-order chi connectivity index (χ1) is 5.20. The van der Waals surface area contributed by atoms with E-state index in [1.165, 1.54) is 12.8 Å². The van der Waals surface area contributed by atoms with Crippen molar-refractivity contribution >= 4 is 5.97 Å². The van der Waals surface area contributed by atoms with Crippen molar-refractivity contribution in [3.8, 4) is 0 Å². The molecule has 1 heterocycles. The Morgan fingerprint density at radius 1 is 1.36 bits per heavy atom. The highest BCUT2D eigenvalue weighted by atomic mass is 16.6. The third-order valence-corrected chi connectivity index (χ3v) is 3.20. The normalized spacial score (nSPS) is 49.1. The van der Waals surface area contributed by atoms with Gasteiger partial charge in [0, 0.05) is 5.92 Å². The van der Waals surface area contributed by atoms with Crippen LogP contribution >= 0.6 is 0 Å². The second kappa shape index (κ2) is 2.23. The SMILES string of the molecule is CC1CCC2C(C)C(=O)OC12. The molecule has 0 radical (unpaired) electrons. The largest absolute Gasteiger partial charge is 0.462 e. The molecule has 1 saturated heterocycles. The molecular formula is C9H14O2. The predicted octanol–water partition coefficient (Wildman–Crippen LogP) is 1.59. The van der Waals surface area contributed by atoms with Crippen LogP contribution in [0.2, 0.25) is 0 Å². The number of fused-ring (bicyclic) bond motifs is 1. The lowest BCUT2D eigenvalue weighted by molar-refractivity contribution is -0.145. The zero-order chi connectivity index (χ0) is 8.01. The molecule has 1 saturated carbocycles. The van der Waals surface area contributed by atoms with Crippen LogP contribution in [0.15, 0.2) is 0 Å². The van der Waals surface area contributed by atoms with Gasteiger partial charge >= 0.3 is 5.97 Å². The third-order valence-electron chi connectivity index (χ3n) is 3.20. The van der Waals surface area contributed by atoms with Crippen molar-refractivity contribution in [2.75, 3.05) is 0 Å². The van der Waals surface area contributed by atoms with Crippen LogP contribution in [0.25, 0.3) is 0 Å². The van der Waals surface area contributed by atoms with E-state index < -0.39 is 0 Å². The topological polar surface area (TPSA) is 26.3 Å². The van der Waals surface area contributed by atoms with Gasteiger partial charge in [0.1, 0.15) is 6.10 Å². The first-order valence-corrected chi connectivity index (χ1v) is 4.40. The molecule has 2 nitrogen and oxygen atoms in total. The molecule has 1 aliphatic heterocycles. The number of carbonyl (C=O) groups is 1. The Morgan fingerprint density at radius 3 is 2.73 bits per heavy atom. The van der Waals surface area contributed by atoms with Crippen molar-refractivity contribution in [2.24, 2.45) is 17.8 Å². The first kappa shape index (κ1) is 7.14. The van der Waals surface area contributed by atoms with Gasteiger partial charge in [0.05, 0.1) is 5.92 Å². The van der Waals surface area contributed by atoms with Gasteiger partial charge in [-0.1, -0.05) is 13.8 Å². The van der Waals surface area contributed by atoms with E-state index in [1.807, 2.05) is 6.92 Å². The summed E-state index contributed by atoms with van der Waals surface area (Å²) in [5.74, 6) is 1.29. The van der Waals surface area contributed by atoms with Gasteiger partial charge in [0.25, 0.3) is 0 Å². The minimum Gasteiger partial charge on any atom is -0.462 e. The number of rotatable bonds is 0. The zero-order valence-corrected chi connectivity index (χ0v) is 7.04. The minimum absolute atomic E-state index is 0.0200. The summed E-state index contributed by atoms with van der Waals surface area (Å²) in [5.41, 5.74) is 0. The fourth-order valence-corrected chi connectivity index (χ4v) is 2.36. The lowest BCUT2D eigenvalue weighted by atomic mass is 9.93. The van der Waals surface area contributed by atoms with Gasteiger partial charge in [-0.05, 0) is 18.8 Å². The molecule has 0 aromatic heterocycles. The van der Waals surface area contributed by atoms with Gasteiger partial charge in [-0.3, -0.25) is 4.79 Å².